The molecule has 0 radical (unpaired) electrons. The summed E-state index contributed by atoms with van der Waals surface area (Å²) in [5, 5.41) is 0. The number of hydrogen-bond donors (Lipinski definition) is 2. The van der Waals surface area contributed by atoms with E-state index in [4.69, 9.17) is 4.74 Å². The fourth-order valence-corrected chi connectivity index (χ4v) is 2.35. The van der Waals surface area contributed by atoms with Gasteiger partial charge in [0.15, 0.2) is 6.10 Å². The number of amides is 2. The van der Waals surface area contributed by atoms with Gasteiger partial charge >= 0.3 is 0 Å². The Morgan fingerprint density at radius 1 is 1.04 bits per heavy atom. The van der Waals surface area contributed by atoms with E-state index in [0.717, 1.165) is 14.7 Å². The van der Waals surface area contributed by atoms with Crippen LogP contribution >= 0.6 is 22.6 Å². The molecule has 0 saturated carbocycles. The van der Waals surface area contributed by atoms with Crippen LogP contribution in [0, 0.1) is 17.4 Å². The molecule has 0 aliphatic heterocycles. The van der Waals surface area contributed by atoms with E-state index in [1.54, 1.807) is 19.1 Å². The largest absolute Gasteiger partial charge is 0.481 e. The van der Waals surface area contributed by atoms with Crippen LogP contribution in [-0.4, -0.2) is 17.9 Å². The number of nitrogens with one attached hydrogen (secondary N) is 2. The molecule has 2 rings (SSSR count). The molecule has 0 heterocycles. The van der Waals surface area contributed by atoms with Crippen molar-refractivity contribution in [3.63, 3.8) is 0 Å². The SMILES string of the molecule is Cc1cccc(OC(C)C(=O)NNC(=O)c2ccc(I)cc2)c1C. The second kappa shape index (κ2) is 8.14. The third-order valence-corrected chi connectivity index (χ3v) is 4.35. The number of carbonyl (C=O) groups is 2. The van der Waals surface area contributed by atoms with E-state index >= 15 is 0 Å². The summed E-state index contributed by atoms with van der Waals surface area (Å²) in [7, 11) is 0. The number of aryl methyl sites for hydroxylation is 1. The molecule has 1 unspecified atom stereocenters. The smallest absolute Gasteiger partial charge is 0.279 e. The molecule has 5 nitrogen and oxygen atoms in total. The zero-order chi connectivity index (χ0) is 17.7. The highest BCUT2D eigenvalue weighted by Crippen LogP contribution is 2.21. The second-order valence-electron chi connectivity index (χ2n) is 5.41. The lowest BCUT2D eigenvalue weighted by Crippen LogP contribution is -2.47. The van der Waals surface area contributed by atoms with Crippen molar-refractivity contribution in [1.82, 2.24) is 10.9 Å². The maximum absolute atomic E-state index is 12.1. The van der Waals surface area contributed by atoms with Crippen LogP contribution in [0.2, 0.25) is 0 Å². The Morgan fingerprint density at radius 3 is 2.38 bits per heavy atom. The summed E-state index contributed by atoms with van der Waals surface area (Å²) >= 11 is 2.16. The molecular weight excluding hydrogens is 419 g/mol. The van der Waals surface area contributed by atoms with Gasteiger partial charge in [-0.15, -0.1) is 0 Å². The normalized spacial score (nSPS) is 11.5. The van der Waals surface area contributed by atoms with Gasteiger partial charge in [0, 0.05) is 9.13 Å². The fraction of sp³-hybridized carbons (Fsp3) is 0.222. The lowest BCUT2D eigenvalue weighted by atomic mass is 10.1. The first-order valence-electron chi connectivity index (χ1n) is 7.47. The van der Waals surface area contributed by atoms with Crippen molar-refractivity contribution in [1.29, 1.82) is 0 Å². The van der Waals surface area contributed by atoms with Gasteiger partial charge in [-0.2, -0.15) is 0 Å². The van der Waals surface area contributed by atoms with Crippen LogP contribution in [0.3, 0.4) is 0 Å². The van der Waals surface area contributed by atoms with E-state index in [0.29, 0.717) is 11.3 Å². The monoisotopic (exact) mass is 438 g/mol. The fourth-order valence-electron chi connectivity index (χ4n) is 1.99. The number of rotatable bonds is 4. The van der Waals surface area contributed by atoms with Gasteiger partial charge in [-0.25, -0.2) is 0 Å². The highest BCUT2D eigenvalue weighted by molar-refractivity contribution is 14.1. The summed E-state index contributed by atoms with van der Waals surface area (Å²) in [5.41, 5.74) is 7.32. The van der Waals surface area contributed by atoms with Gasteiger partial charge in [0.2, 0.25) is 0 Å². The molecular formula is C18H19IN2O3. The van der Waals surface area contributed by atoms with Crippen LogP contribution in [-0.2, 0) is 4.79 Å². The molecule has 0 fully saturated rings. The zero-order valence-electron chi connectivity index (χ0n) is 13.7. The maximum Gasteiger partial charge on any atom is 0.279 e. The number of hydrazine groups is 1. The number of halogens is 1. The van der Waals surface area contributed by atoms with Crippen molar-refractivity contribution in [2.45, 2.75) is 26.9 Å². The van der Waals surface area contributed by atoms with E-state index in [2.05, 4.69) is 33.4 Å². The first-order valence-corrected chi connectivity index (χ1v) is 8.55. The lowest BCUT2D eigenvalue weighted by molar-refractivity contribution is -0.128. The molecule has 6 heteroatoms. The molecule has 2 N–H and O–H groups in total. The van der Waals surface area contributed by atoms with Gasteiger partial charge in [-0.05, 0) is 84.8 Å². The van der Waals surface area contributed by atoms with Crippen LogP contribution in [0.15, 0.2) is 42.5 Å². The number of carbonyl (C=O) groups excluding carboxylic acids is 2. The highest BCUT2D eigenvalue weighted by atomic mass is 127. The van der Waals surface area contributed by atoms with Gasteiger partial charge in [0.05, 0.1) is 0 Å². The maximum atomic E-state index is 12.1. The molecule has 0 spiro atoms. The summed E-state index contributed by atoms with van der Waals surface area (Å²) in [6.45, 7) is 5.55. The van der Waals surface area contributed by atoms with E-state index in [-0.39, 0.29) is 5.91 Å². The molecule has 2 amide bonds. The van der Waals surface area contributed by atoms with Crippen LogP contribution in [0.25, 0.3) is 0 Å². The Kier molecular flexibility index (Phi) is 6.19. The van der Waals surface area contributed by atoms with Gasteiger partial charge < -0.3 is 4.74 Å². The van der Waals surface area contributed by atoms with Crippen molar-refractivity contribution in [3.8, 4) is 5.75 Å². The van der Waals surface area contributed by atoms with Gasteiger partial charge in [-0.1, -0.05) is 12.1 Å². The minimum Gasteiger partial charge on any atom is -0.481 e. The molecule has 2 aromatic carbocycles. The van der Waals surface area contributed by atoms with E-state index in [1.165, 1.54) is 0 Å². The number of hydrogen-bond acceptors (Lipinski definition) is 3. The molecule has 0 aromatic heterocycles. The minimum atomic E-state index is -0.734. The molecule has 126 valence electrons. The summed E-state index contributed by atoms with van der Waals surface area (Å²) in [6.07, 6.45) is -0.734. The van der Waals surface area contributed by atoms with E-state index in [1.807, 2.05) is 44.2 Å². The first-order chi connectivity index (χ1) is 11.4. The lowest BCUT2D eigenvalue weighted by Gasteiger charge is -2.17. The summed E-state index contributed by atoms with van der Waals surface area (Å²) in [4.78, 5) is 24.1. The Morgan fingerprint density at radius 2 is 1.71 bits per heavy atom. The van der Waals surface area contributed by atoms with Crippen LogP contribution in [0.1, 0.15) is 28.4 Å². The van der Waals surface area contributed by atoms with Crippen molar-refractivity contribution >= 4 is 34.4 Å². The van der Waals surface area contributed by atoms with Crippen molar-refractivity contribution in [2.24, 2.45) is 0 Å². The van der Waals surface area contributed by atoms with Crippen LogP contribution in [0.4, 0.5) is 0 Å². The molecule has 2 aromatic rings. The van der Waals surface area contributed by atoms with Gasteiger partial charge in [-0.3, -0.25) is 20.4 Å². The average Bonchev–Trinajstić information content (AvgIpc) is 2.57. The van der Waals surface area contributed by atoms with Crippen LogP contribution < -0.4 is 15.6 Å². The van der Waals surface area contributed by atoms with Gasteiger partial charge in [0.1, 0.15) is 5.75 Å². The standard InChI is InChI=1S/C18H19IN2O3/c1-11-5-4-6-16(12(11)2)24-13(3)17(22)20-21-18(23)14-7-9-15(19)10-8-14/h4-10,13H,1-3H3,(H,20,22)(H,21,23). The molecule has 0 aliphatic carbocycles. The predicted octanol–water partition coefficient (Wildman–Crippen LogP) is 3.14. The third-order valence-electron chi connectivity index (χ3n) is 3.63. The molecule has 0 saturated heterocycles. The zero-order valence-corrected chi connectivity index (χ0v) is 15.9. The second-order valence-corrected chi connectivity index (χ2v) is 6.65. The molecule has 1 atom stereocenters. The average molecular weight is 438 g/mol. The van der Waals surface area contributed by atoms with Gasteiger partial charge in [0.25, 0.3) is 11.8 Å². The first kappa shape index (κ1) is 18.3. The van der Waals surface area contributed by atoms with E-state index < -0.39 is 12.0 Å². The topological polar surface area (TPSA) is 67.4 Å². The Labute approximate surface area is 154 Å². The molecule has 0 bridgehead atoms. The summed E-state index contributed by atoms with van der Waals surface area (Å²) < 4.78 is 6.71. The molecule has 0 aliphatic rings. The Bertz CT molecular complexity index is 744. The highest BCUT2D eigenvalue weighted by Gasteiger charge is 2.17. The van der Waals surface area contributed by atoms with E-state index in [9.17, 15) is 9.59 Å². The molecule has 24 heavy (non-hydrogen) atoms. The summed E-state index contributed by atoms with van der Waals surface area (Å²) in [5.74, 6) is -0.143. The van der Waals surface area contributed by atoms with Crippen LogP contribution in [0.5, 0.6) is 5.75 Å². The van der Waals surface area contributed by atoms with Crippen molar-refractivity contribution in [3.05, 3.63) is 62.7 Å². The Balaban J connectivity index is 1.91. The number of ether oxygens (including phenoxy) is 1. The summed E-state index contributed by atoms with van der Waals surface area (Å²) in [6, 6.07) is 12.7. The van der Waals surface area contributed by atoms with Crippen molar-refractivity contribution < 1.29 is 14.3 Å². The predicted molar refractivity (Wildman–Crippen MR) is 101 cm³/mol. The quantitative estimate of drug-likeness (QED) is 0.570. The Hall–Kier alpha value is -2.09. The minimum absolute atomic E-state index is 0.376. The van der Waals surface area contributed by atoms with Crippen molar-refractivity contribution in [2.75, 3.05) is 0 Å². The number of benzene rings is 2. The third kappa shape index (κ3) is 4.70.